The molecule has 2 aliphatic rings. The van der Waals surface area contributed by atoms with Crippen LogP contribution in [0.4, 0.5) is 0 Å². The van der Waals surface area contributed by atoms with E-state index in [2.05, 4.69) is 10.3 Å². The summed E-state index contributed by atoms with van der Waals surface area (Å²) in [6.45, 7) is 1.81. The van der Waals surface area contributed by atoms with Crippen LogP contribution in [0.3, 0.4) is 0 Å². The molecule has 1 amide bonds. The van der Waals surface area contributed by atoms with Crippen molar-refractivity contribution in [2.75, 3.05) is 7.11 Å². The molecule has 3 rings (SSSR count). The van der Waals surface area contributed by atoms with E-state index in [9.17, 15) is 9.59 Å². The molecule has 1 aromatic rings. The van der Waals surface area contributed by atoms with E-state index in [1.165, 1.54) is 7.11 Å². The number of ether oxygens (including phenoxy) is 1. The molecule has 5 nitrogen and oxygen atoms in total. The number of carbonyl (C=O) groups is 2. The Morgan fingerprint density at radius 2 is 2.10 bits per heavy atom. The molecule has 5 heteroatoms. The number of fused-ring (bicyclic) bond motifs is 2. The van der Waals surface area contributed by atoms with Gasteiger partial charge in [-0.25, -0.2) is 0 Å². The molecule has 2 fully saturated rings. The first kappa shape index (κ1) is 14.0. The summed E-state index contributed by atoms with van der Waals surface area (Å²) in [5.74, 6) is 0.194. The Bertz CT molecular complexity index is 572. The van der Waals surface area contributed by atoms with Crippen molar-refractivity contribution in [2.24, 2.45) is 17.8 Å². The normalized spacial score (nSPS) is 30.2. The lowest BCUT2D eigenvalue weighted by molar-refractivity contribution is -0.148. The lowest BCUT2D eigenvalue weighted by atomic mass is 9.84. The quantitative estimate of drug-likeness (QED) is 0.860. The molecule has 1 heterocycles. The highest BCUT2D eigenvalue weighted by Gasteiger charge is 2.52. The zero-order valence-electron chi connectivity index (χ0n) is 12.3. The minimum Gasteiger partial charge on any atom is -0.469 e. The van der Waals surface area contributed by atoms with E-state index in [1.807, 2.05) is 6.92 Å². The molecule has 2 saturated carbocycles. The van der Waals surface area contributed by atoms with Gasteiger partial charge in [0, 0.05) is 17.9 Å². The number of aryl methyl sites for hydroxylation is 1. The van der Waals surface area contributed by atoms with Gasteiger partial charge in [0.05, 0.1) is 18.6 Å². The second kappa shape index (κ2) is 5.47. The number of methoxy groups -OCH3 is 1. The maximum atomic E-state index is 12.5. The van der Waals surface area contributed by atoms with Gasteiger partial charge >= 0.3 is 5.97 Å². The lowest BCUT2D eigenvalue weighted by Crippen LogP contribution is -2.47. The zero-order valence-corrected chi connectivity index (χ0v) is 12.3. The largest absolute Gasteiger partial charge is 0.469 e. The Hall–Kier alpha value is -1.91. The molecule has 2 bridgehead atoms. The first-order valence-corrected chi connectivity index (χ1v) is 7.42. The van der Waals surface area contributed by atoms with Gasteiger partial charge in [-0.3, -0.25) is 14.6 Å². The van der Waals surface area contributed by atoms with Gasteiger partial charge in [0.15, 0.2) is 0 Å². The summed E-state index contributed by atoms with van der Waals surface area (Å²) < 4.78 is 4.93. The number of nitrogens with one attached hydrogen (secondary N) is 1. The van der Waals surface area contributed by atoms with E-state index >= 15 is 0 Å². The topological polar surface area (TPSA) is 68.3 Å². The summed E-state index contributed by atoms with van der Waals surface area (Å²) in [4.78, 5) is 28.6. The average Bonchev–Trinajstić information content (AvgIpc) is 3.08. The summed E-state index contributed by atoms with van der Waals surface area (Å²) >= 11 is 0. The van der Waals surface area contributed by atoms with Crippen LogP contribution in [0.2, 0.25) is 0 Å². The molecule has 0 spiro atoms. The average molecular weight is 288 g/mol. The highest BCUT2D eigenvalue weighted by molar-refractivity contribution is 5.95. The van der Waals surface area contributed by atoms with Crippen molar-refractivity contribution in [1.29, 1.82) is 0 Å². The van der Waals surface area contributed by atoms with Crippen molar-refractivity contribution in [3.63, 3.8) is 0 Å². The van der Waals surface area contributed by atoms with Gasteiger partial charge in [-0.2, -0.15) is 0 Å². The van der Waals surface area contributed by atoms with Crippen molar-refractivity contribution in [3.8, 4) is 0 Å². The summed E-state index contributed by atoms with van der Waals surface area (Å²) in [7, 11) is 1.42. The van der Waals surface area contributed by atoms with E-state index in [4.69, 9.17) is 4.74 Å². The molecule has 0 saturated heterocycles. The number of hydrogen-bond acceptors (Lipinski definition) is 4. The predicted octanol–water partition coefficient (Wildman–Crippen LogP) is 1.71. The van der Waals surface area contributed by atoms with Crippen LogP contribution >= 0.6 is 0 Å². The Balaban J connectivity index is 1.78. The first-order chi connectivity index (χ1) is 10.1. The summed E-state index contributed by atoms with van der Waals surface area (Å²) in [5, 5.41) is 3.05. The summed E-state index contributed by atoms with van der Waals surface area (Å²) in [6, 6.07) is 3.40. The molecule has 0 aliphatic heterocycles. The van der Waals surface area contributed by atoms with Crippen LogP contribution in [0.1, 0.15) is 35.3 Å². The van der Waals surface area contributed by atoms with Crippen molar-refractivity contribution >= 4 is 11.9 Å². The number of carbonyl (C=O) groups excluding carboxylic acids is 2. The van der Waals surface area contributed by atoms with Crippen LogP contribution in [0, 0.1) is 24.7 Å². The van der Waals surface area contributed by atoms with Crippen LogP contribution in [-0.2, 0) is 9.53 Å². The molecule has 0 aromatic carbocycles. The molecule has 21 heavy (non-hydrogen) atoms. The van der Waals surface area contributed by atoms with Gasteiger partial charge in [-0.1, -0.05) is 0 Å². The fraction of sp³-hybridized carbons (Fsp3) is 0.562. The summed E-state index contributed by atoms with van der Waals surface area (Å²) in [6.07, 6.45) is 4.81. The fourth-order valence-electron chi connectivity index (χ4n) is 3.93. The molecule has 1 aromatic heterocycles. The second-order valence-corrected chi connectivity index (χ2v) is 6.02. The van der Waals surface area contributed by atoms with Crippen molar-refractivity contribution in [1.82, 2.24) is 10.3 Å². The van der Waals surface area contributed by atoms with Gasteiger partial charge in [-0.05, 0) is 50.2 Å². The Labute approximate surface area is 124 Å². The Morgan fingerprint density at radius 1 is 1.33 bits per heavy atom. The van der Waals surface area contributed by atoms with E-state index < -0.39 is 0 Å². The van der Waals surface area contributed by atoms with E-state index in [1.54, 1.807) is 18.3 Å². The minimum absolute atomic E-state index is 0.108. The highest BCUT2D eigenvalue weighted by Crippen LogP contribution is 2.49. The minimum atomic E-state index is -0.199. The molecule has 112 valence electrons. The Morgan fingerprint density at radius 3 is 2.81 bits per heavy atom. The Kier molecular flexibility index (Phi) is 3.66. The number of esters is 1. The lowest BCUT2D eigenvalue weighted by Gasteiger charge is -2.29. The molecule has 4 atom stereocenters. The van der Waals surface area contributed by atoms with Gasteiger partial charge in [0.1, 0.15) is 0 Å². The number of pyridine rings is 1. The van der Waals surface area contributed by atoms with Crippen molar-refractivity contribution in [2.45, 2.75) is 32.2 Å². The predicted molar refractivity (Wildman–Crippen MR) is 76.6 cm³/mol. The van der Waals surface area contributed by atoms with Crippen LogP contribution in [0.15, 0.2) is 18.3 Å². The standard InChI is InChI=1S/C16H20N2O3/c1-9-12(4-3-7-17-9)15(19)18-14-11-6-5-10(8-11)13(14)16(20)21-2/h3-4,7,10-11,13-14H,5-6,8H2,1-2H3,(H,18,19). The van der Waals surface area contributed by atoms with Crippen molar-refractivity contribution in [3.05, 3.63) is 29.6 Å². The third kappa shape index (κ3) is 2.41. The molecule has 1 N–H and O–H groups in total. The van der Waals surface area contributed by atoms with Crippen LogP contribution in [0.5, 0.6) is 0 Å². The SMILES string of the molecule is COC(=O)C1C2CCC(C2)C1NC(=O)c1cccnc1C. The maximum absolute atomic E-state index is 12.5. The fourth-order valence-corrected chi connectivity index (χ4v) is 3.93. The molecule has 4 unspecified atom stereocenters. The van der Waals surface area contributed by atoms with Crippen LogP contribution < -0.4 is 5.32 Å². The molecule has 2 aliphatic carbocycles. The monoisotopic (exact) mass is 288 g/mol. The number of amides is 1. The molecular formula is C16H20N2O3. The maximum Gasteiger partial charge on any atom is 0.311 e. The first-order valence-electron chi connectivity index (χ1n) is 7.42. The van der Waals surface area contributed by atoms with Crippen LogP contribution in [-0.4, -0.2) is 30.0 Å². The van der Waals surface area contributed by atoms with Gasteiger partial charge in [0.2, 0.25) is 0 Å². The van der Waals surface area contributed by atoms with Gasteiger partial charge < -0.3 is 10.1 Å². The highest BCUT2D eigenvalue weighted by atomic mass is 16.5. The van der Waals surface area contributed by atoms with E-state index in [0.29, 0.717) is 23.1 Å². The number of nitrogens with zero attached hydrogens (tertiary/aromatic N) is 1. The number of rotatable bonds is 3. The third-order valence-electron chi connectivity index (χ3n) is 4.94. The van der Waals surface area contributed by atoms with Gasteiger partial charge in [0.25, 0.3) is 5.91 Å². The third-order valence-corrected chi connectivity index (χ3v) is 4.94. The number of hydrogen-bond donors (Lipinski definition) is 1. The van der Waals surface area contributed by atoms with Crippen molar-refractivity contribution < 1.29 is 14.3 Å². The van der Waals surface area contributed by atoms with Gasteiger partial charge in [-0.15, -0.1) is 0 Å². The summed E-state index contributed by atoms with van der Waals surface area (Å²) in [5.41, 5.74) is 1.27. The van der Waals surface area contributed by atoms with E-state index in [0.717, 1.165) is 19.3 Å². The molecular weight excluding hydrogens is 268 g/mol. The smallest absolute Gasteiger partial charge is 0.311 e. The second-order valence-electron chi connectivity index (χ2n) is 6.02. The molecule has 0 radical (unpaired) electrons. The number of aromatic nitrogens is 1. The van der Waals surface area contributed by atoms with E-state index in [-0.39, 0.29) is 23.8 Å². The zero-order chi connectivity index (χ0) is 15.0. The van der Waals surface area contributed by atoms with Crippen LogP contribution in [0.25, 0.3) is 0 Å².